The van der Waals surface area contributed by atoms with E-state index in [1.165, 1.54) is 12.1 Å². The number of aliphatic hydroxyl groups excluding tert-OH is 1. The number of amides is 1. The largest absolute Gasteiger partial charge is 0.392 e. The lowest BCUT2D eigenvalue weighted by Gasteiger charge is -2.27. The van der Waals surface area contributed by atoms with Gasteiger partial charge in [-0.1, -0.05) is 30.3 Å². The molecule has 6 rings (SSSR count). The Kier molecular flexibility index (Phi) is 7.01. The molecule has 2 aliphatic heterocycles. The van der Waals surface area contributed by atoms with Crippen molar-refractivity contribution in [1.29, 1.82) is 0 Å². The van der Waals surface area contributed by atoms with E-state index in [4.69, 9.17) is 0 Å². The topological polar surface area (TPSA) is 73.1 Å². The number of benzene rings is 2. The van der Waals surface area contributed by atoms with E-state index in [1.54, 1.807) is 16.9 Å². The van der Waals surface area contributed by atoms with E-state index in [9.17, 15) is 18.7 Å². The first-order valence-electron chi connectivity index (χ1n) is 13.4. The molecule has 9 heteroatoms. The third kappa shape index (κ3) is 5.24. The summed E-state index contributed by atoms with van der Waals surface area (Å²) in [6, 6.07) is 16.6. The van der Waals surface area contributed by atoms with Crippen molar-refractivity contribution >= 4 is 17.1 Å². The van der Waals surface area contributed by atoms with Gasteiger partial charge in [0.1, 0.15) is 11.6 Å². The number of pyridine rings is 1. The van der Waals surface area contributed by atoms with Crippen molar-refractivity contribution in [2.75, 3.05) is 31.1 Å². The Hall–Kier alpha value is -3.82. The fraction of sp³-hybridized carbons (Fsp3) is 0.333. The Morgan fingerprint density at radius 1 is 1.08 bits per heavy atom. The lowest BCUT2D eigenvalue weighted by molar-refractivity contribution is 0.0926. The fourth-order valence-electron chi connectivity index (χ4n) is 5.88. The molecule has 0 bridgehead atoms. The number of β-amino-alcohol motifs (C(OH)–C–C–N with tert-alkyl or cyclic N) is 1. The van der Waals surface area contributed by atoms with Crippen molar-refractivity contribution in [3.8, 4) is 0 Å². The molecule has 39 heavy (non-hydrogen) atoms. The third-order valence-electron chi connectivity index (χ3n) is 7.85. The summed E-state index contributed by atoms with van der Waals surface area (Å²) in [5.41, 5.74) is 3.23. The minimum absolute atomic E-state index is 0.245. The molecule has 2 aliphatic rings. The molecule has 2 aromatic heterocycles. The molecule has 202 valence electrons. The van der Waals surface area contributed by atoms with E-state index in [2.05, 4.69) is 20.2 Å². The molecular formula is C30H31F2N5O2. The summed E-state index contributed by atoms with van der Waals surface area (Å²) in [6.45, 7) is 2.65. The number of halogens is 2. The summed E-state index contributed by atoms with van der Waals surface area (Å²) in [4.78, 5) is 17.8. The Morgan fingerprint density at radius 2 is 1.92 bits per heavy atom. The maximum Gasteiger partial charge on any atom is 0.255 e. The highest BCUT2D eigenvalue weighted by molar-refractivity contribution is 6.01. The highest BCUT2D eigenvalue weighted by Crippen LogP contribution is 2.38. The normalized spacial score (nSPS) is 20.5. The Labute approximate surface area is 225 Å². The second-order valence-corrected chi connectivity index (χ2v) is 10.4. The van der Waals surface area contributed by atoms with Crippen LogP contribution in [0.15, 0.2) is 73.1 Å². The van der Waals surface area contributed by atoms with Crippen LogP contribution in [0, 0.1) is 11.6 Å². The molecule has 4 heterocycles. The Morgan fingerprint density at radius 3 is 2.72 bits per heavy atom. The number of carbonyl (C=O) groups excluding carboxylic acids is 1. The van der Waals surface area contributed by atoms with Gasteiger partial charge in [0.25, 0.3) is 5.91 Å². The van der Waals surface area contributed by atoms with Crippen molar-refractivity contribution < 1.29 is 18.7 Å². The summed E-state index contributed by atoms with van der Waals surface area (Å²) in [5.74, 6) is -1.12. The second kappa shape index (κ2) is 10.7. The van der Waals surface area contributed by atoms with Crippen LogP contribution in [0.25, 0.3) is 5.52 Å². The van der Waals surface area contributed by atoms with Gasteiger partial charge >= 0.3 is 0 Å². The van der Waals surface area contributed by atoms with Crippen LogP contribution in [0.3, 0.4) is 0 Å². The van der Waals surface area contributed by atoms with Gasteiger partial charge in [-0.2, -0.15) is 5.10 Å². The van der Waals surface area contributed by atoms with Gasteiger partial charge in [-0.3, -0.25) is 9.69 Å². The number of nitrogens with zero attached hydrogens (tertiary/aromatic N) is 4. The molecular weight excluding hydrogens is 500 g/mol. The average Bonchev–Trinajstić information content (AvgIpc) is 3.69. The maximum atomic E-state index is 14.6. The number of anilines is 1. The number of aromatic nitrogens is 2. The first kappa shape index (κ1) is 25.5. The molecule has 0 saturated carbocycles. The highest BCUT2D eigenvalue weighted by Gasteiger charge is 2.30. The summed E-state index contributed by atoms with van der Waals surface area (Å²) in [7, 11) is 0. The molecule has 1 amide bonds. The molecule has 2 N–H and O–H groups in total. The monoisotopic (exact) mass is 531 g/mol. The molecule has 0 spiro atoms. The van der Waals surface area contributed by atoms with Gasteiger partial charge in [-0.15, -0.1) is 0 Å². The molecule has 2 saturated heterocycles. The van der Waals surface area contributed by atoms with Gasteiger partial charge in [0, 0.05) is 43.6 Å². The lowest BCUT2D eigenvalue weighted by atomic mass is 10.0. The first-order chi connectivity index (χ1) is 19.0. The number of aliphatic hydroxyl groups is 1. The standard InChI is InChI=1S/C30H31F2N5O2/c31-21-8-9-26(32)24(15-21)28-7-4-12-36(28)22-10-14-37-29(16-22)25(17-33-37)30(39)34-27(20-5-2-1-3-6-20)19-35-13-11-23(38)18-35/h1-3,5-6,8-10,14-17,23,27-28,38H,4,7,11-13,18-19H2,(H,34,39). The summed E-state index contributed by atoms with van der Waals surface area (Å²) in [6.07, 6.45) is 5.29. The van der Waals surface area contributed by atoms with Crippen LogP contribution in [0.2, 0.25) is 0 Å². The van der Waals surface area contributed by atoms with Crippen LogP contribution >= 0.6 is 0 Å². The lowest BCUT2D eigenvalue weighted by Crippen LogP contribution is -2.37. The van der Waals surface area contributed by atoms with E-state index in [0.717, 1.165) is 36.7 Å². The highest BCUT2D eigenvalue weighted by atomic mass is 19.1. The predicted molar refractivity (Wildman–Crippen MR) is 145 cm³/mol. The van der Waals surface area contributed by atoms with E-state index in [-0.39, 0.29) is 24.1 Å². The van der Waals surface area contributed by atoms with Crippen LogP contribution < -0.4 is 10.2 Å². The Balaban J connectivity index is 1.27. The number of carbonyl (C=O) groups is 1. The summed E-state index contributed by atoms with van der Waals surface area (Å²) < 4.78 is 30.2. The molecule has 7 nitrogen and oxygen atoms in total. The molecule has 0 radical (unpaired) electrons. The van der Waals surface area contributed by atoms with Crippen molar-refractivity contribution in [2.45, 2.75) is 37.5 Å². The third-order valence-corrected chi connectivity index (χ3v) is 7.85. The summed E-state index contributed by atoms with van der Waals surface area (Å²) >= 11 is 0. The SMILES string of the molecule is O=C(NC(CN1CCC(O)C1)c1ccccc1)c1cnn2ccc(N3CCCC3c3cc(F)ccc3F)cc12. The van der Waals surface area contributed by atoms with Crippen molar-refractivity contribution in [3.63, 3.8) is 0 Å². The number of rotatable bonds is 7. The number of fused-ring (bicyclic) bond motifs is 1. The summed E-state index contributed by atoms with van der Waals surface area (Å²) in [5, 5.41) is 17.6. The van der Waals surface area contributed by atoms with Crippen molar-refractivity contribution in [3.05, 3.63) is 101 Å². The van der Waals surface area contributed by atoms with Crippen molar-refractivity contribution in [2.24, 2.45) is 0 Å². The minimum atomic E-state index is -0.458. The second-order valence-electron chi connectivity index (χ2n) is 10.4. The van der Waals surface area contributed by atoms with Gasteiger partial charge in [-0.05, 0) is 55.2 Å². The zero-order valence-corrected chi connectivity index (χ0v) is 21.5. The zero-order valence-electron chi connectivity index (χ0n) is 21.5. The molecule has 3 atom stereocenters. The van der Waals surface area contributed by atoms with Crippen LogP contribution in [0.4, 0.5) is 14.5 Å². The number of hydrogen-bond donors (Lipinski definition) is 2. The van der Waals surface area contributed by atoms with Gasteiger partial charge in [0.2, 0.25) is 0 Å². The quantitative estimate of drug-likeness (QED) is 0.368. The smallest absolute Gasteiger partial charge is 0.255 e. The van der Waals surface area contributed by atoms with E-state index < -0.39 is 11.6 Å². The van der Waals surface area contributed by atoms with Gasteiger partial charge < -0.3 is 15.3 Å². The Bertz CT molecular complexity index is 1480. The van der Waals surface area contributed by atoms with E-state index >= 15 is 0 Å². The number of nitrogens with one attached hydrogen (secondary N) is 1. The van der Waals surface area contributed by atoms with E-state index in [1.807, 2.05) is 42.5 Å². The van der Waals surface area contributed by atoms with Crippen molar-refractivity contribution in [1.82, 2.24) is 19.8 Å². The van der Waals surface area contributed by atoms with Crippen LogP contribution in [0.5, 0.6) is 0 Å². The maximum absolute atomic E-state index is 14.6. The van der Waals surface area contributed by atoms with Gasteiger partial charge in [-0.25, -0.2) is 13.3 Å². The number of likely N-dealkylation sites (tertiary alicyclic amines) is 1. The van der Waals surface area contributed by atoms with Gasteiger partial charge in [0.15, 0.2) is 0 Å². The van der Waals surface area contributed by atoms with Crippen LogP contribution in [0.1, 0.15) is 52.8 Å². The molecule has 2 fully saturated rings. The number of hydrogen-bond acceptors (Lipinski definition) is 5. The zero-order chi connectivity index (χ0) is 26.9. The molecule has 0 aliphatic carbocycles. The average molecular weight is 532 g/mol. The molecule has 3 unspecified atom stereocenters. The predicted octanol–water partition coefficient (Wildman–Crippen LogP) is 4.49. The molecule has 2 aromatic carbocycles. The van der Waals surface area contributed by atoms with Gasteiger partial charge in [0.05, 0.1) is 35.5 Å². The fourth-order valence-corrected chi connectivity index (χ4v) is 5.88. The van der Waals surface area contributed by atoms with E-state index in [0.29, 0.717) is 42.7 Å². The van der Waals surface area contributed by atoms with Crippen LogP contribution in [-0.2, 0) is 0 Å². The molecule has 4 aromatic rings. The van der Waals surface area contributed by atoms with Crippen LogP contribution in [-0.4, -0.2) is 57.8 Å². The first-order valence-corrected chi connectivity index (χ1v) is 13.4. The minimum Gasteiger partial charge on any atom is -0.392 e.